The van der Waals surface area contributed by atoms with Crippen LogP contribution in [-0.2, 0) is 22.8 Å². The third-order valence-electron chi connectivity index (χ3n) is 6.22. The molecule has 174 valence electrons. The van der Waals surface area contributed by atoms with Crippen molar-refractivity contribution < 1.29 is 23.1 Å². The molecule has 0 aliphatic carbocycles. The van der Waals surface area contributed by atoms with Crippen molar-refractivity contribution in [3.8, 4) is 16.9 Å². The summed E-state index contributed by atoms with van der Waals surface area (Å²) in [5.41, 5.74) is 3.24. The van der Waals surface area contributed by atoms with E-state index in [1.54, 1.807) is 10.9 Å². The molecule has 2 atom stereocenters. The molecule has 0 saturated carbocycles. The van der Waals surface area contributed by atoms with Crippen LogP contribution in [0.3, 0.4) is 0 Å². The van der Waals surface area contributed by atoms with E-state index in [1.807, 2.05) is 25.3 Å². The number of nitrogens with zero attached hydrogens (tertiary/aromatic N) is 3. The molecule has 3 heterocycles. The molecule has 32 heavy (non-hydrogen) atoms. The van der Waals surface area contributed by atoms with Gasteiger partial charge in [-0.2, -0.15) is 5.10 Å². The molecule has 1 aromatic heterocycles. The molecule has 4 rings (SSSR count). The summed E-state index contributed by atoms with van der Waals surface area (Å²) in [6.07, 6.45) is 6.26. The van der Waals surface area contributed by atoms with Gasteiger partial charge in [0.25, 0.3) is 0 Å². The van der Waals surface area contributed by atoms with Gasteiger partial charge in [0.05, 0.1) is 30.8 Å². The normalized spacial score (nSPS) is 20.9. The quantitative estimate of drug-likeness (QED) is 0.649. The SMILES string of the molecule is C[C@H]1CCc2c(ccc(-c3cnn(CCS(C)(=O)=O)c3)c2OC[C@H]2CCNC2)N1C(=O)O. The van der Waals surface area contributed by atoms with E-state index in [1.165, 1.54) is 11.2 Å². The van der Waals surface area contributed by atoms with Gasteiger partial charge in [0.2, 0.25) is 0 Å². The zero-order chi connectivity index (χ0) is 22.9. The minimum Gasteiger partial charge on any atom is -0.492 e. The Morgan fingerprint density at radius 2 is 2.16 bits per heavy atom. The summed E-state index contributed by atoms with van der Waals surface area (Å²) in [6.45, 7) is 4.64. The van der Waals surface area contributed by atoms with Crippen LogP contribution in [0.1, 0.15) is 25.3 Å². The molecule has 0 unspecified atom stereocenters. The number of hydrogen-bond acceptors (Lipinski definition) is 6. The van der Waals surface area contributed by atoms with E-state index < -0.39 is 15.9 Å². The lowest BCUT2D eigenvalue weighted by atomic mass is 9.92. The van der Waals surface area contributed by atoms with Crippen LogP contribution in [0, 0.1) is 5.92 Å². The van der Waals surface area contributed by atoms with Gasteiger partial charge in [0.15, 0.2) is 0 Å². The summed E-state index contributed by atoms with van der Waals surface area (Å²) >= 11 is 0. The monoisotopic (exact) mass is 462 g/mol. The lowest BCUT2D eigenvalue weighted by Gasteiger charge is -2.34. The molecule has 2 N–H and O–H groups in total. The number of rotatable bonds is 7. The molecule has 2 aliphatic rings. The van der Waals surface area contributed by atoms with Crippen molar-refractivity contribution in [3.05, 3.63) is 30.1 Å². The second-order valence-electron chi connectivity index (χ2n) is 8.77. The maximum absolute atomic E-state index is 11.9. The fraction of sp³-hybridized carbons (Fsp3) is 0.545. The molecule has 10 heteroatoms. The average Bonchev–Trinajstić information content (AvgIpc) is 3.41. The van der Waals surface area contributed by atoms with E-state index in [-0.39, 0.29) is 18.3 Å². The Kier molecular flexibility index (Phi) is 6.43. The minimum atomic E-state index is -3.09. The molecule has 0 radical (unpaired) electrons. The molecule has 2 aromatic rings. The Morgan fingerprint density at radius 3 is 2.84 bits per heavy atom. The number of carboxylic acid groups (broad SMARTS) is 1. The first-order valence-electron chi connectivity index (χ1n) is 10.9. The lowest BCUT2D eigenvalue weighted by Crippen LogP contribution is -2.41. The first-order chi connectivity index (χ1) is 15.2. The molecule has 2 aliphatic heterocycles. The molecule has 1 saturated heterocycles. The summed E-state index contributed by atoms with van der Waals surface area (Å²) in [6, 6.07) is 3.62. The van der Waals surface area contributed by atoms with Gasteiger partial charge in [-0.25, -0.2) is 13.2 Å². The van der Waals surface area contributed by atoms with E-state index in [4.69, 9.17) is 4.74 Å². The van der Waals surface area contributed by atoms with Gasteiger partial charge in [0, 0.05) is 47.6 Å². The van der Waals surface area contributed by atoms with E-state index in [0.29, 0.717) is 24.0 Å². The van der Waals surface area contributed by atoms with E-state index in [0.717, 1.165) is 49.0 Å². The summed E-state index contributed by atoms with van der Waals surface area (Å²) in [4.78, 5) is 13.4. The summed E-state index contributed by atoms with van der Waals surface area (Å²) < 4.78 is 31.0. The number of fused-ring (bicyclic) bond motifs is 1. The van der Waals surface area contributed by atoms with Crippen molar-refractivity contribution in [1.29, 1.82) is 0 Å². The summed E-state index contributed by atoms with van der Waals surface area (Å²) in [7, 11) is -3.09. The van der Waals surface area contributed by atoms with E-state index in [9.17, 15) is 18.3 Å². The number of nitrogens with one attached hydrogen (secondary N) is 1. The van der Waals surface area contributed by atoms with Gasteiger partial charge < -0.3 is 15.2 Å². The molecule has 9 nitrogen and oxygen atoms in total. The van der Waals surface area contributed by atoms with Crippen LogP contribution in [0.15, 0.2) is 24.5 Å². The number of sulfone groups is 1. The number of aryl methyl sites for hydroxylation is 1. The largest absolute Gasteiger partial charge is 0.492 e. The fourth-order valence-corrected chi connectivity index (χ4v) is 4.95. The van der Waals surface area contributed by atoms with Crippen molar-refractivity contribution in [2.75, 3.05) is 36.6 Å². The van der Waals surface area contributed by atoms with Crippen molar-refractivity contribution in [2.24, 2.45) is 5.92 Å². The Morgan fingerprint density at radius 1 is 1.34 bits per heavy atom. The molecule has 1 fully saturated rings. The third kappa shape index (κ3) is 4.91. The molecule has 1 aromatic carbocycles. The topological polar surface area (TPSA) is 114 Å². The van der Waals surface area contributed by atoms with Crippen LogP contribution >= 0.6 is 0 Å². The number of benzene rings is 1. The van der Waals surface area contributed by atoms with Crippen LogP contribution < -0.4 is 15.0 Å². The van der Waals surface area contributed by atoms with Crippen molar-refractivity contribution >= 4 is 21.6 Å². The molecule has 1 amide bonds. The Balaban J connectivity index is 1.70. The van der Waals surface area contributed by atoms with E-state index in [2.05, 4.69) is 10.4 Å². The van der Waals surface area contributed by atoms with Crippen molar-refractivity contribution in [3.63, 3.8) is 0 Å². The van der Waals surface area contributed by atoms with Crippen LogP contribution in [0.25, 0.3) is 11.1 Å². The van der Waals surface area contributed by atoms with Crippen LogP contribution in [-0.4, -0.2) is 67.1 Å². The number of ether oxygens (including phenoxy) is 1. The Hall–Kier alpha value is -2.59. The van der Waals surface area contributed by atoms with Gasteiger partial charge in [0.1, 0.15) is 15.6 Å². The summed E-state index contributed by atoms with van der Waals surface area (Å²) in [5.74, 6) is 1.13. The zero-order valence-corrected chi connectivity index (χ0v) is 19.3. The fourth-order valence-electron chi connectivity index (χ4n) is 4.43. The predicted octanol–water partition coefficient (Wildman–Crippen LogP) is 2.40. The number of aromatic nitrogens is 2. The average molecular weight is 463 g/mol. The number of carbonyl (C=O) groups is 1. The highest BCUT2D eigenvalue weighted by atomic mass is 32.2. The molecular weight excluding hydrogens is 432 g/mol. The van der Waals surface area contributed by atoms with Crippen LogP contribution in [0.4, 0.5) is 10.5 Å². The highest BCUT2D eigenvalue weighted by Gasteiger charge is 2.32. The van der Waals surface area contributed by atoms with Crippen molar-refractivity contribution in [1.82, 2.24) is 15.1 Å². The highest BCUT2D eigenvalue weighted by molar-refractivity contribution is 7.90. The second-order valence-corrected chi connectivity index (χ2v) is 11.0. The summed E-state index contributed by atoms with van der Waals surface area (Å²) in [5, 5.41) is 17.4. The van der Waals surface area contributed by atoms with Gasteiger partial charge in [-0.3, -0.25) is 9.58 Å². The maximum Gasteiger partial charge on any atom is 0.412 e. The molecule has 0 bridgehead atoms. The third-order valence-corrected chi connectivity index (χ3v) is 7.14. The Bertz CT molecular complexity index is 1090. The minimum absolute atomic E-state index is 0.0157. The van der Waals surface area contributed by atoms with Crippen LogP contribution in [0.5, 0.6) is 5.75 Å². The predicted molar refractivity (Wildman–Crippen MR) is 122 cm³/mol. The smallest absolute Gasteiger partial charge is 0.412 e. The van der Waals surface area contributed by atoms with E-state index >= 15 is 0 Å². The van der Waals surface area contributed by atoms with Crippen LogP contribution in [0.2, 0.25) is 0 Å². The molecule has 0 spiro atoms. The standard InChI is InChI=1S/C22H30N4O5S/c1-15-3-4-19-20(26(15)22(27)28)6-5-18(21(19)31-14-16-7-8-23-11-16)17-12-24-25(13-17)9-10-32(2,29)30/h5-6,12-13,15-16,23H,3-4,7-11,14H2,1-2H3,(H,27,28)/t15-,16-/m0/s1. The first-order valence-corrected chi connectivity index (χ1v) is 13.0. The Labute approximate surface area is 188 Å². The zero-order valence-electron chi connectivity index (χ0n) is 18.5. The van der Waals surface area contributed by atoms with Crippen molar-refractivity contribution in [2.45, 2.75) is 38.8 Å². The van der Waals surface area contributed by atoms with Gasteiger partial charge in [-0.15, -0.1) is 0 Å². The number of amides is 1. The van der Waals surface area contributed by atoms with Gasteiger partial charge in [-0.1, -0.05) is 0 Å². The number of hydrogen-bond donors (Lipinski definition) is 2. The lowest BCUT2D eigenvalue weighted by molar-refractivity contribution is 0.198. The highest BCUT2D eigenvalue weighted by Crippen LogP contribution is 2.43. The van der Waals surface area contributed by atoms with Gasteiger partial charge in [-0.05, 0) is 44.9 Å². The van der Waals surface area contributed by atoms with Gasteiger partial charge >= 0.3 is 6.09 Å². The molecular formula is C22H30N4O5S. The first kappa shape index (κ1) is 22.6. The maximum atomic E-state index is 11.9. The second kappa shape index (κ2) is 9.11. The number of anilines is 1.